The van der Waals surface area contributed by atoms with E-state index < -0.39 is 5.60 Å². The number of rotatable bonds is 3. The molecule has 0 aliphatic heterocycles. The smallest absolute Gasteiger partial charge is 0.254 e. The fraction of sp³-hybridized carbons (Fsp3) is 0.400. The molecule has 1 aromatic rings. The number of pyridine rings is 1. The lowest BCUT2D eigenvalue weighted by Gasteiger charge is -2.17. The number of amides is 1. The minimum Gasteiger partial charge on any atom is -0.389 e. The first kappa shape index (κ1) is 11.9. The van der Waals surface area contributed by atoms with Gasteiger partial charge in [-0.2, -0.15) is 0 Å². The van der Waals surface area contributed by atoms with Gasteiger partial charge in [0, 0.05) is 18.9 Å². The monoisotopic (exact) mass is 228 g/mol. The van der Waals surface area contributed by atoms with Gasteiger partial charge in [-0.05, 0) is 19.9 Å². The van der Waals surface area contributed by atoms with E-state index in [1.165, 1.54) is 12.4 Å². The van der Waals surface area contributed by atoms with E-state index >= 15 is 0 Å². The van der Waals surface area contributed by atoms with Crippen molar-refractivity contribution < 1.29 is 9.90 Å². The molecule has 0 aliphatic rings. The molecule has 0 saturated heterocycles. The zero-order valence-electron chi connectivity index (χ0n) is 8.62. The van der Waals surface area contributed by atoms with Gasteiger partial charge in [-0.3, -0.25) is 9.78 Å². The van der Waals surface area contributed by atoms with Gasteiger partial charge in [0.2, 0.25) is 0 Å². The SMILES string of the molecule is CC(C)(O)CNC(=O)c1cnccc1Cl. The Morgan fingerprint density at radius 2 is 2.33 bits per heavy atom. The largest absolute Gasteiger partial charge is 0.389 e. The number of hydrogen-bond acceptors (Lipinski definition) is 3. The van der Waals surface area contributed by atoms with Gasteiger partial charge in [-0.1, -0.05) is 11.6 Å². The van der Waals surface area contributed by atoms with Crippen molar-refractivity contribution in [2.45, 2.75) is 19.4 Å². The molecule has 4 nitrogen and oxygen atoms in total. The molecule has 0 spiro atoms. The second-order valence-corrected chi connectivity index (χ2v) is 4.26. The number of aromatic nitrogens is 1. The van der Waals surface area contributed by atoms with Crippen LogP contribution in [0.15, 0.2) is 18.5 Å². The molecule has 15 heavy (non-hydrogen) atoms. The third-order valence-corrected chi connectivity index (χ3v) is 2.02. The highest BCUT2D eigenvalue weighted by atomic mass is 35.5. The summed E-state index contributed by atoms with van der Waals surface area (Å²) in [4.78, 5) is 15.4. The highest BCUT2D eigenvalue weighted by Crippen LogP contribution is 2.13. The van der Waals surface area contributed by atoms with Crippen molar-refractivity contribution in [2.24, 2.45) is 0 Å². The first-order valence-electron chi connectivity index (χ1n) is 4.50. The Labute approximate surface area is 93.3 Å². The van der Waals surface area contributed by atoms with E-state index in [0.717, 1.165) is 0 Å². The summed E-state index contributed by atoms with van der Waals surface area (Å²) in [6.45, 7) is 3.38. The summed E-state index contributed by atoms with van der Waals surface area (Å²) < 4.78 is 0. The van der Waals surface area contributed by atoms with Crippen LogP contribution in [0.1, 0.15) is 24.2 Å². The number of carbonyl (C=O) groups excluding carboxylic acids is 1. The summed E-state index contributed by atoms with van der Waals surface area (Å²) in [5.41, 5.74) is -0.631. The Balaban J connectivity index is 2.66. The van der Waals surface area contributed by atoms with Gasteiger partial charge >= 0.3 is 0 Å². The van der Waals surface area contributed by atoms with Gasteiger partial charge in [0.15, 0.2) is 0 Å². The summed E-state index contributed by atoms with van der Waals surface area (Å²) in [7, 11) is 0. The fourth-order valence-corrected chi connectivity index (χ4v) is 1.13. The number of hydrogen-bond donors (Lipinski definition) is 2. The normalized spacial score (nSPS) is 11.2. The van der Waals surface area contributed by atoms with Gasteiger partial charge in [0.25, 0.3) is 5.91 Å². The van der Waals surface area contributed by atoms with Crippen LogP contribution in [0.4, 0.5) is 0 Å². The molecule has 1 heterocycles. The van der Waals surface area contributed by atoms with Gasteiger partial charge < -0.3 is 10.4 Å². The van der Waals surface area contributed by atoms with E-state index in [9.17, 15) is 9.90 Å². The molecule has 0 aromatic carbocycles. The third kappa shape index (κ3) is 3.85. The van der Waals surface area contributed by atoms with Gasteiger partial charge in [0.05, 0.1) is 16.2 Å². The summed E-state index contributed by atoms with van der Waals surface area (Å²) in [6, 6.07) is 1.54. The quantitative estimate of drug-likeness (QED) is 0.818. The molecular weight excluding hydrogens is 216 g/mol. The van der Waals surface area contributed by atoms with Crippen LogP contribution in [-0.4, -0.2) is 28.1 Å². The lowest BCUT2D eigenvalue weighted by Crippen LogP contribution is -2.38. The second-order valence-electron chi connectivity index (χ2n) is 3.85. The van der Waals surface area contributed by atoms with Crippen molar-refractivity contribution in [1.29, 1.82) is 0 Å². The Morgan fingerprint density at radius 3 is 2.87 bits per heavy atom. The van der Waals surface area contributed by atoms with E-state index in [0.29, 0.717) is 10.6 Å². The van der Waals surface area contributed by atoms with Crippen molar-refractivity contribution in [3.05, 3.63) is 29.0 Å². The predicted molar refractivity (Wildman–Crippen MR) is 57.9 cm³/mol. The Bertz CT molecular complexity index is 361. The molecule has 0 aliphatic carbocycles. The van der Waals surface area contributed by atoms with Crippen LogP contribution in [0.25, 0.3) is 0 Å². The van der Waals surface area contributed by atoms with Crippen LogP contribution in [0.5, 0.6) is 0 Å². The van der Waals surface area contributed by atoms with E-state index in [4.69, 9.17) is 11.6 Å². The van der Waals surface area contributed by atoms with E-state index in [1.54, 1.807) is 19.9 Å². The van der Waals surface area contributed by atoms with E-state index in [-0.39, 0.29) is 12.5 Å². The molecular formula is C10H13ClN2O2. The summed E-state index contributed by atoms with van der Waals surface area (Å²) >= 11 is 5.81. The number of halogens is 1. The minimum absolute atomic E-state index is 0.164. The lowest BCUT2D eigenvalue weighted by atomic mass is 10.1. The number of nitrogens with zero attached hydrogens (tertiary/aromatic N) is 1. The van der Waals surface area contributed by atoms with Crippen molar-refractivity contribution in [3.63, 3.8) is 0 Å². The standard InChI is InChI=1S/C10H13ClN2O2/c1-10(2,15)6-13-9(14)7-5-12-4-3-8(7)11/h3-5,15H,6H2,1-2H3,(H,13,14). The molecule has 5 heteroatoms. The topological polar surface area (TPSA) is 62.2 Å². The van der Waals surface area contributed by atoms with Crippen molar-refractivity contribution in [1.82, 2.24) is 10.3 Å². The third-order valence-electron chi connectivity index (χ3n) is 1.69. The Morgan fingerprint density at radius 1 is 1.67 bits per heavy atom. The Hall–Kier alpha value is -1.13. The van der Waals surface area contributed by atoms with Crippen LogP contribution in [-0.2, 0) is 0 Å². The first-order valence-corrected chi connectivity index (χ1v) is 4.88. The maximum absolute atomic E-state index is 11.6. The lowest BCUT2D eigenvalue weighted by molar-refractivity contribution is 0.0694. The summed E-state index contributed by atoms with van der Waals surface area (Å²) in [6.07, 6.45) is 2.90. The average Bonchev–Trinajstić information content (AvgIpc) is 2.14. The highest BCUT2D eigenvalue weighted by molar-refractivity contribution is 6.33. The molecule has 2 N–H and O–H groups in total. The van der Waals surface area contributed by atoms with E-state index in [2.05, 4.69) is 10.3 Å². The van der Waals surface area contributed by atoms with Crippen molar-refractivity contribution in [3.8, 4) is 0 Å². The van der Waals surface area contributed by atoms with Gasteiger partial charge in [-0.25, -0.2) is 0 Å². The van der Waals surface area contributed by atoms with Gasteiger partial charge in [0.1, 0.15) is 0 Å². The predicted octanol–water partition coefficient (Wildman–Crippen LogP) is 1.24. The van der Waals surface area contributed by atoms with Crippen LogP contribution < -0.4 is 5.32 Å². The molecule has 82 valence electrons. The van der Waals surface area contributed by atoms with Crippen molar-refractivity contribution >= 4 is 17.5 Å². The summed E-state index contributed by atoms with van der Waals surface area (Å²) in [5, 5.41) is 12.3. The molecule has 0 radical (unpaired) electrons. The van der Waals surface area contributed by atoms with Crippen LogP contribution >= 0.6 is 11.6 Å². The number of nitrogens with one attached hydrogen (secondary N) is 1. The maximum atomic E-state index is 11.6. The zero-order valence-corrected chi connectivity index (χ0v) is 9.38. The molecule has 0 fully saturated rings. The number of aliphatic hydroxyl groups is 1. The van der Waals surface area contributed by atoms with Crippen LogP contribution in [0, 0.1) is 0 Å². The molecule has 0 bridgehead atoms. The second kappa shape index (κ2) is 4.59. The average molecular weight is 229 g/mol. The molecule has 0 saturated carbocycles. The zero-order chi connectivity index (χ0) is 11.5. The summed E-state index contributed by atoms with van der Waals surface area (Å²) in [5.74, 6) is -0.338. The van der Waals surface area contributed by atoms with Crippen LogP contribution in [0.2, 0.25) is 5.02 Å². The van der Waals surface area contributed by atoms with Crippen LogP contribution in [0.3, 0.4) is 0 Å². The minimum atomic E-state index is -0.940. The number of carbonyl (C=O) groups is 1. The molecule has 0 atom stereocenters. The first-order chi connectivity index (χ1) is 6.90. The molecule has 0 unspecified atom stereocenters. The van der Waals surface area contributed by atoms with Crippen molar-refractivity contribution in [2.75, 3.05) is 6.54 Å². The maximum Gasteiger partial charge on any atom is 0.254 e. The molecule has 1 aromatic heterocycles. The highest BCUT2D eigenvalue weighted by Gasteiger charge is 2.16. The Kier molecular flexibility index (Phi) is 3.66. The van der Waals surface area contributed by atoms with Gasteiger partial charge in [-0.15, -0.1) is 0 Å². The molecule has 1 rings (SSSR count). The fourth-order valence-electron chi connectivity index (χ4n) is 0.936. The molecule has 1 amide bonds. The van der Waals surface area contributed by atoms with E-state index in [1.807, 2.05) is 0 Å².